The molecular weight excluding hydrogens is 368 g/mol. The van der Waals surface area contributed by atoms with Crippen LogP contribution in [0.3, 0.4) is 0 Å². The molecule has 1 aliphatic heterocycles. The Morgan fingerprint density at radius 2 is 2.00 bits per heavy atom. The summed E-state index contributed by atoms with van der Waals surface area (Å²) >= 11 is 0. The first kappa shape index (κ1) is 21.4. The molecule has 0 radical (unpaired) electrons. The van der Waals surface area contributed by atoms with Crippen molar-refractivity contribution in [3.05, 3.63) is 35.9 Å². The molecule has 0 saturated heterocycles. The van der Waals surface area contributed by atoms with Gasteiger partial charge in [0.15, 0.2) is 0 Å². The van der Waals surface area contributed by atoms with Crippen LogP contribution in [-0.2, 0) is 24.0 Å². The van der Waals surface area contributed by atoms with Gasteiger partial charge in [-0.2, -0.15) is 4.36 Å². The van der Waals surface area contributed by atoms with Crippen LogP contribution in [0, 0.1) is 0 Å². The molecule has 2 amide bonds. The zero-order valence-corrected chi connectivity index (χ0v) is 17.1. The molecule has 1 aromatic carbocycles. The molecule has 150 valence electrons. The van der Waals surface area contributed by atoms with Crippen molar-refractivity contribution in [1.82, 2.24) is 5.32 Å². The molecule has 0 bridgehead atoms. The summed E-state index contributed by atoms with van der Waals surface area (Å²) in [5, 5.41) is 2.51. The van der Waals surface area contributed by atoms with Crippen molar-refractivity contribution in [3.8, 4) is 0 Å². The van der Waals surface area contributed by atoms with E-state index >= 15 is 0 Å². The molecule has 1 aromatic rings. The van der Waals surface area contributed by atoms with Gasteiger partial charge in [-0.05, 0) is 39.2 Å². The zero-order valence-electron chi connectivity index (χ0n) is 16.3. The van der Waals surface area contributed by atoms with E-state index in [1.807, 2.05) is 30.3 Å². The number of alkyl carbamates (subject to hydrolysis) is 1. The van der Waals surface area contributed by atoms with Crippen LogP contribution >= 0.6 is 0 Å². The minimum atomic E-state index is -2.65. The number of nitrogens with zero attached hydrogens (tertiary/aromatic N) is 1. The average molecular weight is 397 g/mol. The maximum Gasteiger partial charge on any atom is 0.408 e. The molecule has 3 unspecified atom stereocenters. The Hall–Kier alpha value is -1.93. The summed E-state index contributed by atoms with van der Waals surface area (Å²) in [6.45, 7) is 5.22. The van der Waals surface area contributed by atoms with Crippen molar-refractivity contribution < 1.29 is 23.3 Å². The molecule has 0 aromatic heterocycles. The third kappa shape index (κ3) is 6.62. The summed E-state index contributed by atoms with van der Waals surface area (Å²) in [5.74, 6) is -0.0405. The summed E-state index contributed by atoms with van der Waals surface area (Å²) in [7, 11) is -1.05. The third-order valence-corrected chi connectivity index (χ3v) is 6.39. The van der Waals surface area contributed by atoms with E-state index in [2.05, 4.69) is 9.68 Å². The van der Waals surface area contributed by atoms with E-state index in [0.29, 0.717) is 6.42 Å². The van der Waals surface area contributed by atoms with Gasteiger partial charge in [0, 0.05) is 18.6 Å². The van der Waals surface area contributed by atoms with E-state index < -0.39 is 33.4 Å². The Kier molecular flexibility index (Phi) is 7.00. The Balaban J connectivity index is 1.97. The van der Waals surface area contributed by atoms with E-state index in [1.54, 1.807) is 27.9 Å². The van der Waals surface area contributed by atoms with Crippen LogP contribution < -0.4 is 5.32 Å². The largest absolute Gasteiger partial charge is 0.444 e. The highest BCUT2D eigenvalue weighted by molar-refractivity contribution is 7.93. The third-order valence-electron chi connectivity index (χ3n) is 4.13. The first-order valence-electron chi connectivity index (χ1n) is 8.95. The van der Waals surface area contributed by atoms with E-state index in [9.17, 15) is 13.8 Å². The molecule has 27 heavy (non-hydrogen) atoms. The van der Waals surface area contributed by atoms with Gasteiger partial charge in [-0.1, -0.05) is 30.3 Å². The number of amides is 2. The quantitative estimate of drug-likeness (QED) is 0.797. The fourth-order valence-electron chi connectivity index (χ4n) is 2.81. The van der Waals surface area contributed by atoms with Crippen molar-refractivity contribution in [2.24, 2.45) is 4.36 Å². The smallest absolute Gasteiger partial charge is 0.408 e. The van der Waals surface area contributed by atoms with Crippen LogP contribution in [0.5, 0.6) is 0 Å². The van der Waals surface area contributed by atoms with E-state index in [0.717, 1.165) is 5.56 Å². The van der Waals surface area contributed by atoms with Crippen molar-refractivity contribution in [1.29, 1.82) is 0 Å². The number of carbonyl (C=O) groups is 2. The lowest BCUT2D eigenvalue weighted by Gasteiger charge is -2.25. The molecule has 1 heterocycles. The number of ether oxygens (including phenoxy) is 2. The fraction of sp³-hybridized carbons (Fsp3) is 0.579. The molecule has 2 rings (SSSR count). The molecule has 0 aliphatic carbocycles. The number of hydrogen-bond donors (Lipinski definition) is 1. The summed E-state index contributed by atoms with van der Waals surface area (Å²) in [4.78, 5) is 24.1. The first-order chi connectivity index (χ1) is 12.6. The topological polar surface area (TPSA) is 94.1 Å². The van der Waals surface area contributed by atoms with Crippen molar-refractivity contribution in [3.63, 3.8) is 0 Å². The molecule has 1 N–H and O–H groups in total. The molecule has 8 heteroatoms. The maximum absolute atomic E-state index is 12.9. The average Bonchev–Trinajstić information content (AvgIpc) is 2.57. The highest BCUT2D eigenvalue weighted by Crippen LogP contribution is 2.23. The molecular formula is C19H28N2O5S. The second-order valence-corrected chi connectivity index (χ2v) is 10.1. The fourth-order valence-corrected chi connectivity index (χ4v) is 4.84. The predicted molar refractivity (Wildman–Crippen MR) is 104 cm³/mol. The van der Waals surface area contributed by atoms with Crippen molar-refractivity contribution in [2.75, 3.05) is 18.6 Å². The number of nitrogens with one attached hydrogen (secondary N) is 1. The second-order valence-electron chi connectivity index (χ2n) is 7.52. The van der Waals surface area contributed by atoms with Crippen molar-refractivity contribution in [2.45, 2.75) is 51.4 Å². The molecule has 0 saturated carbocycles. The Morgan fingerprint density at radius 3 is 2.56 bits per heavy atom. The monoisotopic (exact) mass is 396 g/mol. The normalized spacial score (nSPS) is 24.0. The minimum absolute atomic E-state index is 0.201. The molecule has 0 spiro atoms. The van der Waals surface area contributed by atoms with Gasteiger partial charge in [-0.3, -0.25) is 4.79 Å². The molecule has 7 nitrogen and oxygen atoms in total. The maximum atomic E-state index is 12.9. The number of methoxy groups -OCH3 is 1. The molecule has 1 aliphatic rings. The summed E-state index contributed by atoms with van der Waals surface area (Å²) in [6, 6.07) is 8.87. The minimum Gasteiger partial charge on any atom is -0.444 e. The van der Waals surface area contributed by atoms with Gasteiger partial charge in [-0.15, -0.1) is 0 Å². The SMILES string of the molecule is COC(CCS1(=O)=NC(=O)C(NC(=O)OC(C)(C)C)CC1)c1ccccc1. The highest BCUT2D eigenvalue weighted by Gasteiger charge is 2.31. The van der Waals surface area contributed by atoms with Crippen LogP contribution in [0.1, 0.15) is 45.3 Å². The van der Waals surface area contributed by atoms with Gasteiger partial charge in [0.05, 0.1) is 15.8 Å². The number of benzene rings is 1. The lowest BCUT2D eigenvalue weighted by atomic mass is 10.1. The highest BCUT2D eigenvalue weighted by atomic mass is 32.2. The van der Waals surface area contributed by atoms with Gasteiger partial charge in [0.1, 0.15) is 11.6 Å². The van der Waals surface area contributed by atoms with Gasteiger partial charge in [0.25, 0.3) is 5.91 Å². The van der Waals surface area contributed by atoms with Crippen LogP contribution in [0.15, 0.2) is 34.7 Å². The van der Waals surface area contributed by atoms with Crippen LogP contribution in [0.25, 0.3) is 0 Å². The van der Waals surface area contributed by atoms with E-state index in [4.69, 9.17) is 9.47 Å². The zero-order chi connectivity index (χ0) is 20.1. The van der Waals surface area contributed by atoms with Gasteiger partial charge in [-0.25, -0.2) is 9.00 Å². The molecule has 0 fully saturated rings. The van der Waals surface area contributed by atoms with Gasteiger partial charge >= 0.3 is 6.09 Å². The van der Waals surface area contributed by atoms with Gasteiger partial charge in [0.2, 0.25) is 0 Å². The van der Waals surface area contributed by atoms with Crippen LogP contribution in [0.4, 0.5) is 4.79 Å². The van der Waals surface area contributed by atoms with Crippen molar-refractivity contribution >= 4 is 21.7 Å². The predicted octanol–water partition coefficient (Wildman–Crippen LogP) is 3.06. The van der Waals surface area contributed by atoms with E-state index in [-0.39, 0.29) is 24.0 Å². The lowest BCUT2D eigenvalue weighted by molar-refractivity contribution is -0.119. The molecule has 3 atom stereocenters. The summed E-state index contributed by atoms with van der Waals surface area (Å²) < 4.78 is 27.5. The Morgan fingerprint density at radius 1 is 1.33 bits per heavy atom. The summed E-state index contributed by atoms with van der Waals surface area (Å²) in [6.07, 6.45) is -0.0932. The second kappa shape index (κ2) is 8.84. The standard InChI is InChI=1S/C19H28N2O5S/c1-19(2,3)26-18(23)20-15-10-12-27(24,21-17(15)22)13-11-16(25-4)14-8-6-5-7-9-14/h5-9,15-16H,10-13H2,1-4H3,(H,20,23). The Labute approximate surface area is 161 Å². The van der Waals surface area contributed by atoms with Crippen LogP contribution in [-0.4, -0.2) is 46.5 Å². The summed E-state index contributed by atoms with van der Waals surface area (Å²) in [5.41, 5.74) is 0.341. The number of carbonyl (C=O) groups excluding carboxylic acids is 2. The number of rotatable bonds is 6. The first-order valence-corrected chi connectivity index (χ1v) is 10.8. The Bertz CT molecular complexity index is 779. The van der Waals surface area contributed by atoms with Crippen LogP contribution in [0.2, 0.25) is 0 Å². The van der Waals surface area contributed by atoms with Gasteiger partial charge < -0.3 is 14.8 Å². The lowest BCUT2D eigenvalue weighted by Crippen LogP contribution is -2.46. The number of hydrogen-bond acceptors (Lipinski definition) is 5. The van der Waals surface area contributed by atoms with E-state index in [1.165, 1.54) is 0 Å².